The smallest absolute Gasteiger partial charge is 0.248 e. The number of halogens is 2. The van der Waals surface area contributed by atoms with Gasteiger partial charge in [0.1, 0.15) is 10.8 Å². The molecule has 4 N–H and O–H groups in total. The number of carbonyl (C=O) groups is 1. The maximum atomic E-state index is 13.7. The molecule has 28 heavy (non-hydrogen) atoms. The van der Waals surface area contributed by atoms with Crippen LogP contribution < -0.4 is 11.1 Å². The minimum Gasteiger partial charge on any atom is -0.391 e. The lowest BCUT2D eigenvalue weighted by atomic mass is 10.0. The van der Waals surface area contributed by atoms with E-state index in [-0.39, 0.29) is 23.6 Å². The molecule has 3 rings (SSSR count). The van der Waals surface area contributed by atoms with Crippen LogP contribution in [0, 0.1) is 12.7 Å². The average molecular weight is 422 g/mol. The fourth-order valence-corrected chi connectivity index (χ4v) is 4.13. The van der Waals surface area contributed by atoms with E-state index in [9.17, 15) is 14.3 Å². The number of nitrogens with zero attached hydrogens (tertiary/aromatic N) is 1. The molecule has 1 aliphatic rings. The molecule has 0 bridgehead atoms. The molecule has 1 aromatic heterocycles. The summed E-state index contributed by atoms with van der Waals surface area (Å²) in [6.07, 6.45) is 4.50. The normalized spacial score (nSPS) is 14.6. The van der Waals surface area contributed by atoms with Crippen molar-refractivity contribution in [3.8, 4) is 0 Å². The number of thiazole rings is 1. The maximum Gasteiger partial charge on any atom is 0.248 e. The van der Waals surface area contributed by atoms with Gasteiger partial charge in [0.15, 0.2) is 0 Å². The number of rotatable bonds is 7. The predicted molar refractivity (Wildman–Crippen MR) is 109 cm³/mol. The van der Waals surface area contributed by atoms with Crippen LogP contribution in [0.2, 0.25) is 5.02 Å². The van der Waals surface area contributed by atoms with Crippen molar-refractivity contribution >= 4 is 34.4 Å². The molecular weight excluding hydrogens is 401 g/mol. The monoisotopic (exact) mass is 421 g/mol. The van der Waals surface area contributed by atoms with Gasteiger partial charge in [-0.3, -0.25) is 4.79 Å². The van der Waals surface area contributed by atoms with Crippen LogP contribution in [0.3, 0.4) is 0 Å². The number of nitrogens with one attached hydrogen (secondary N) is 1. The zero-order valence-electron chi connectivity index (χ0n) is 15.3. The Labute approximate surface area is 171 Å². The van der Waals surface area contributed by atoms with Crippen molar-refractivity contribution in [2.75, 3.05) is 6.54 Å². The molecule has 1 aromatic carbocycles. The Kier molecular flexibility index (Phi) is 6.61. The molecule has 0 saturated carbocycles. The lowest BCUT2D eigenvalue weighted by Crippen LogP contribution is -2.31. The highest BCUT2D eigenvalue weighted by Crippen LogP contribution is 2.31. The molecule has 1 amide bonds. The Hall–Kier alpha value is -2.06. The number of amides is 1. The van der Waals surface area contributed by atoms with E-state index in [2.05, 4.69) is 10.3 Å². The summed E-state index contributed by atoms with van der Waals surface area (Å²) in [5, 5.41) is 13.2. The first kappa shape index (κ1) is 20.7. The van der Waals surface area contributed by atoms with Crippen LogP contribution >= 0.6 is 22.9 Å². The van der Waals surface area contributed by atoms with Crippen molar-refractivity contribution in [1.82, 2.24) is 10.3 Å². The predicted octanol–water partition coefficient (Wildman–Crippen LogP) is 3.66. The number of hydrogen-bond acceptors (Lipinski definition) is 5. The molecule has 0 saturated heterocycles. The number of aromatic nitrogens is 1. The van der Waals surface area contributed by atoms with Crippen molar-refractivity contribution in [3.63, 3.8) is 0 Å². The molecule has 1 aliphatic carbocycles. The number of carbonyl (C=O) groups excluding carboxylic acids is 1. The van der Waals surface area contributed by atoms with E-state index in [4.69, 9.17) is 17.3 Å². The van der Waals surface area contributed by atoms with Gasteiger partial charge in [-0.05, 0) is 43.2 Å². The van der Waals surface area contributed by atoms with Gasteiger partial charge in [0, 0.05) is 12.0 Å². The van der Waals surface area contributed by atoms with Crippen LogP contribution in [-0.2, 0) is 11.4 Å². The third-order valence-corrected chi connectivity index (χ3v) is 6.12. The molecule has 0 spiro atoms. The number of aryl methyl sites for hydroxylation is 1. The van der Waals surface area contributed by atoms with E-state index in [1.807, 2.05) is 13.0 Å². The van der Waals surface area contributed by atoms with Crippen molar-refractivity contribution < 1.29 is 14.3 Å². The molecule has 0 radical (unpaired) electrons. The minimum absolute atomic E-state index is 0.0684. The molecule has 148 valence electrons. The highest BCUT2D eigenvalue weighted by Gasteiger charge is 2.23. The van der Waals surface area contributed by atoms with Gasteiger partial charge in [0.2, 0.25) is 5.91 Å². The van der Waals surface area contributed by atoms with Gasteiger partial charge in [-0.25, -0.2) is 9.37 Å². The Morgan fingerprint density at radius 3 is 2.89 bits per heavy atom. The molecular formula is C20H21ClFN3O2S. The summed E-state index contributed by atoms with van der Waals surface area (Å²) in [6.45, 7) is 2.14. The number of hydrogen-bond donors (Lipinski definition) is 3. The van der Waals surface area contributed by atoms with E-state index in [0.717, 1.165) is 21.2 Å². The van der Waals surface area contributed by atoms with Crippen molar-refractivity contribution in [3.05, 3.63) is 67.9 Å². The van der Waals surface area contributed by atoms with Crippen LogP contribution in [-0.4, -0.2) is 22.5 Å². The van der Waals surface area contributed by atoms with Crippen molar-refractivity contribution in [1.29, 1.82) is 0 Å². The second kappa shape index (κ2) is 8.96. The second-order valence-corrected chi connectivity index (χ2v) is 8.03. The summed E-state index contributed by atoms with van der Waals surface area (Å²) in [7, 11) is 0. The maximum absolute atomic E-state index is 13.7. The van der Waals surface area contributed by atoms with Crippen LogP contribution in [0.15, 0.2) is 35.9 Å². The molecule has 1 heterocycles. The third-order valence-electron chi connectivity index (χ3n) is 4.56. The highest BCUT2D eigenvalue weighted by molar-refractivity contribution is 7.11. The zero-order valence-corrected chi connectivity index (χ0v) is 16.9. The Balaban J connectivity index is 1.68. The summed E-state index contributed by atoms with van der Waals surface area (Å²) in [6, 6.07) is 4.29. The zero-order chi connectivity index (χ0) is 20.3. The quantitative estimate of drug-likeness (QED) is 0.636. The Bertz CT molecular complexity index is 955. The van der Waals surface area contributed by atoms with Gasteiger partial charge in [0.05, 0.1) is 28.2 Å². The average Bonchev–Trinajstić information content (AvgIpc) is 3.30. The first-order valence-electron chi connectivity index (χ1n) is 8.86. The van der Waals surface area contributed by atoms with E-state index >= 15 is 0 Å². The molecule has 8 heteroatoms. The van der Waals surface area contributed by atoms with Crippen molar-refractivity contribution in [2.45, 2.75) is 32.4 Å². The number of benzene rings is 1. The Morgan fingerprint density at radius 2 is 2.25 bits per heavy atom. The van der Waals surface area contributed by atoms with E-state index in [1.165, 1.54) is 23.5 Å². The molecule has 1 atom stereocenters. The summed E-state index contributed by atoms with van der Waals surface area (Å²) < 4.78 is 13.7. The number of aliphatic hydroxyl groups is 1. The number of nitrogens with two attached hydrogens (primary N) is 1. The lowest BCUT2D eigenvalue weighted by molar-refractivity contribution is -0.118. The van der Waals surface area contributed by atoms with Crippen LogP contribution in [0.5, 0.6) is 0 Å². The Morgan fingerprint density at radius 1 is 1.46 bits per heavy atom. The van der Waals surface area contributed by atoms with E-state index in [0.29, 0.717) is 30.5 Å². The van der Waals surface area contributed by atoms with Gasteiger partial charge in [-0.1, -0.05) is 29.8 Å². The van der Waals surface area contributed by atoms with Gasteiger partial charge < -0.3 is 16.2 Å². The summed E-state index contributed by atoms with van der Waals surface area (Å²) in [5.41, 5.74) is 8.59. The van der Waals surface area contributed by atoms with Gasteiger partial charge in [-0.2, -0.15) is 0 Å². The standard InChI is InChI=1S/C20H21ClFN3O2S/c1-11-18(10-26)28-20(24-11)17(6-7-23)25-19(27)14-3-2-12(8-14)13-4-5-15(21)16(22)9-13/h2-5,9,17,26H,6-8,10,23H2,1H3,(H,25,27). The van der Waals surface area contributed by atoms with Gasteiger partial charge in [0.25, 0.3) is 0 Å². The topological polar surface area (TPSA) is 88.2 Å². The first-order chi connectivity index (χ1) is 13.4. The fourth-order valence-electron chi connectivity index (χ4n) is 3.00. The SMILES string of the molecule is Cc1nc(C(CCN)NC(=O)C2=CC=C(c3ccc(Cl)c(F)c3)C2)sc1CO. The van der Waals surface area contributed by atoms with E-state index < -0.39 is 5.82 Å². The second-order valence-electron chi connectivity index (χ2n) is 6.51. The third kappa shape index (κ3) is 4.50. The fraction of sp³-hybridized carbons (Fsp3) is 0.300. The summed E-state index contributed by atoms with van der Waals surface area (Å²) in [4.78, 5) is 18.0. The van der Waals surface area contributed by atoms with Crippen molar-refractivity contribution in [2.24, 2.45) is 5.73 Å². The van der Waals surface area contributed by atoms with Gasteiger partial charge in [-0.15, -0.1) is 11.3 Å². The van der Waals surface area contributed by atoms with Gasteiger partial charge >= 0.3 is 0 Å². The molecule has 0 fully saturated rings. The van der Waals surface area contributed by atoms with Crippen LogP contribution in [0.1, 0.15) is 40.0 Å². The number of allylic oxidation sites excluding steroid dienone is 3. The molecule has 1 unspecified atom stereocenters. The summed E-state index contributed by atoms with van der Waals surface area (Å²) >= 11 is 7.11. The minimum atomic E-state index is -0.486. The lowest BCUT2D eigenvalue weighted by Gasteiger charge is -2.16. The molecule has 0 aliphatic heterocycles. The number of aliphatic hydroxyl groups excluding tert-OH is 1. The largest absolute Gasteiger partial charge is 0.391 e. The summed E-state index contributed by atoms with van der Waals surface area (Å²) in [5.74, 6) is -0.697. The van der Waals surface area contributed by atoms with E-state index in [1.54, 1.807) is 12.1 Å². The molecule has 5 nitrogen and oxygen atoms in total. The van der Waals surface area contributed by atoms with Crippen LogP contribution in [0.4, 0.5) is 4.39 Å². The molecule has 2 aromatic rings. The van der Waals surface area contributed by atoms with Crippen LogP contribution in [0.25, 0.3) is 5.57 Å². The highest BCUT2D eigenvalue weighted by atomic mass is 35.5. The first-order valence-corrected chi connectivity index (χ1v) is 10.1.